The van der Waals surface area contributed by atoms with Crippen molar-refractivity contribution in [3.8, 4) is 11.6 Å². The second-order valence-electron chi connectivity index (χ2n) is 5.42. The average Bonchev–Trinajstić information content (AvgIpc) is 2.90. The lowest BCUT2D eigenvalue weighted by Crippen LogP contribution is -2.03. The summed E-state index contributed by atoms with van der Waals surface area (Å²) in [4.78, 5) is 20.6. The number of aryl methyl sites for hydroxylation is 2. The van der Waals surface area contributed by atoms with E-state index in [9.17, 15) is 9.18 Å². The molecule has 0 spiro atoms. The molecule has 0 aliphatic carbocycles. The zero-order valence-electron chi connectivity index (χ0n) is 14.4. The topological polar surface area (TPSA) is 78.6 Å². The Morgan fingerprint density at radius 3 is 2.81 bits per heavy atom. The van der Waals surface area contributed by atoms with Crippen LogP contribution in [0.1, 0.15) is 21.6 Å². The van der Waals surface area contributed by atoms with Crippen LogP contribution < -0.4 is 4.74 Å². The molecule has 2 heterocycles. The SMILES string of the molecule is Cc1nn(C)c(Oc2ccccc2F)c1/C=N/OC(=O)c1cccnc1Cl. The van der Waals surface area contributed by atoms with Gasteiger partial charge in [-0.3, -0.25) is 0 Å². The van der Waals surface area contributed by atoms with Crippen molar-refractivity contribution >= 4 is 23.8 Å². The molecule has 3 aromatic rings. The summed E-state index contributed by atoms with van der Waals surface area (Å²) < 4.78 is 20.9. The number of halogens is 2. The number of para-hydroxylation sites is 1. The van der Waals surface area contributed by atoms with Gasteiger partial charge in [-0.25, -0.2) is 18.9 Å². The Kier molecular flexibility index (Phi) is 5.46. The third-order valence-electron chi connectivity index (χ3n) is 3.55. The number of nitrogens with zero attached hydrogens (tertiary/aromatic N) is 4. The minimum atomic E-state index is -0.762. The van der Waals surface area contributed by atoms with Crippen LogP contribution in [0.2, 0.25) is 5.15 Å². The molecule has 7 nitrogen and oxygen atoms in total. The van der Waals surface area contributed by atoms with E-state index >= 15 is 0 Å². The van der Waals surface area contributed by atoms with Gasteiger partial charge in [0.2, 0.25) is 5.88 Å². The summed E-state index contributed by atoms with van der Waals surface area (Å²) in [5.41, 5.74) is 1.08. The van der Waals surface area contributed by atoms with E-state index in [1.165, 1.54) is 35.3 Å². The van der Waals surface area contributed by atoms with Gasteiger partial charge in [-0.1, -0.05) is 28.9 Å². The molecule has 0 bridgehead atoms. The van der Waals surface area contributed by atoms with Crippen molar-refractivity contribution < 1.29 is 18.8 Å². The summed E-state index contributed by atoms with van der Waals surface area (Å²) in [5.74, 6) is -0.995. The van der Waals surface area contributed by atoms with Gasteiger partial charge in [-0.15, -0.1) is 0 Å². The van der Waals surface area contributed by atoms with E-state index in [-0.39, 0.29) is 22.3 Å². The number of benzene rings is 1. The molecule has 9 heteroatoms. The van der Waals surface area contributed by atoms with Crippen LogP contribution in [-0.2, 0) is 11.9 Å². The Morgan fingerprint density at radius 2 is 2.07 bits per heavy atom. The fourth-order valence-corrected chi connectivity index (χ4v) is 2.47. The first kappa shape index (κ1) is 18.5. The largest absolute Gasteiger partial charge is 0.436 e. The fraction of sp³-hybridized carbons (Fsp3) is 0.111. The van der Waals surface area contributed by atoms with Gasteiger partial charge in [0.05, 0.1) is 23.0 Å². The van der Waals surface area contributed by atoms with Crippen molar-refractivity contribution in [2.45, 2.75) is 6.92 Å². The van der Waals surface area contributed by atoms with Gasteiger partial charge in [0.15, 0.2) is 11.6 Å². The van der Waals surface area contributed by atoms with Crippen LogP contribution in [0.4, 0.5) is 4.39 Å². The molecule has 0 N–H and O–H groups in total. The lowest BCUT2D eigenvalue weighted by Gasteiger charge is -2.07. The Labute approximate surface area is 159 Å². The number of ether oxygens (including phenoxy) is 1. The molecule has 2 aromatic heterocycles. The normalized spacial score (nSPS) is 11.0. The molecule has 0 aliphatic rings. The van der Waals surface area contributed by atoms with E-state index in [0.717, 1.165) is 0 Å². The van der Waals surface area contributed by atoms with Gasteiger partial charge < -0.3 is 9.57 Å². The second-order valence-corrected chi connectivity index (χ2v) is 5.77. The number of hydrogen-bond acceptors (Lipinski definition) is 6. The van der Waals surface area contributed by atoms with Crippen molar-refractivity contribution in [2.24, 2.45) is 12.2 Å². The van der Waals surface area contributed by atoms with Crippen molar-refractivity contribution in [3.63, 3.8) is 0 Å². The van der Waals surface area contributed by atoms with Crippen LogP contribution >= 0.6 is 11.6 Å². The lowest BCUT2D eigenvalue weighted by molar-refractivity contribution is 0.0519. The van der Waals surface area contributed by atoms with Crippen LogP contribution in [0.25, 0.3) is 0 Å². The zero-order chi connectivity index (χ0) is 19.4. The van der Waals surface area contributed by atoms with Gasteiger partial charge in [0, 0.05) is 13.2 Å². The van der Waals surface area contributed by atoms with E-state index in [1.807, 2.05) is 0 Å². The first-order chi connectivity index (χ1) is 13.0. The van der Waals surface area contributed by atoms with Crippen molar-refractivity contribution in [1.29, 1.82) is 0 Å². The Bertz CT molecular complexity index is 1020. The third kappa shape index (κ3) is 4.12. The number of carbonyl (C=O) groups excluding carboxylic acids is 1. The minimum absolute atomic E-state index is 0.0128. The first-order valence-electron chi connectivity index (χ1n) is 7.78. The highest BCUT2D eigenvalue weighted by Gasteiger charge is 2.17. The van der Waals surface area contributed by atoms with E-state index in [4.69, 9.17) is 21.2 Å². The molecule has 0 amide bonds. The molecule has 0 fully saturated rings. The summed E-state index contributed by atoms with van der Waals surface area (Å²) >= 11 is 5.84. The van der Waals surface area contributed by atoms with Crippen LogP contribution in [-0.4, -0.2) is 26.9 Å². The van der Waals surface area contributed by atoms with Crippen LogP contribution in [0.3, 0.4) is 0 Å². The summed E-state index contributed by atoms with van der Waals surface area (Å²) in [6, 6.07) is 9.00. The Balaban J connectivity index is 1.81. The lowest BCUT2D eigenvalue weighted by atomic mass is 10.3. The molecule has 0 saturated carbocycles. The highest BCUT2D eigenvalue weighted by Crippen LogP contribution is 2.27. The number of aromatic nitrogens is 3. The Morgan fingerprint density at radius 1 is 1.30 bits per heavy atom. The molecule has 1 aromatic carbocycles. The van der Waals surface area contributed by atoms with Crippen LogP contribution in [0.15, 0.2) is 47.8 Å². The Hall–Kier alpha value is -3.26. The van der Waals surface area contributed by atoms with Gasteiger partial charge in [-0.2, -0.15) is 5.10 Å². The van der Waals surface area contributed by atoms with Crippen molar-refractivity contribution in [2.75, 3.05) is 0 Å². The molecule has 3 rings (SSSR count). The predicted molar refractivity (Wildman–Crippen MR) is 96.7 cm³/mol. The number of hydrogen-bond donors (Lipinski definition) is 0. The van der Waals surface area contributed by atoms with Crippen molar-refractivity contribution in [1.82, 2.24) is 14.8 Å². The van der Waals surface area contributed by atoms with E-state index in [1.54, 1.807) is 32.2 Å². The first-order valence-corrected chi connectivity index (χ1v) is 8.16. The maximum atomic E-state index is 13.9. The maximum absolute atomic E-state index is 13.9. The van der Waals surface area contributed by atoms with Crippen LogP contribution in [0, 0.1) is 12.7 Å². The average molecular weight is 389 g/mol. The highest BCUT2D eigenvalue weighted by atomic mass is 35.5. The molecule has 0 unspecified atom stereocenters. The van der Waals surface area contributed by atoms with Gasteiger partial charge in [0.1, 0.15) is 5.15 Å². The van der Waals surface area contributed by atoms with E-state index in [0.29, 0.717) is 11.3 Å². The molecule has 27 heavy (non-hydrogen) atoms. The fourth-order valence-electron chi connectivity index (χ4n) is 2.27. The predicted octanol–water partition coefficient (Wildman–Crippen LogP) is 3.90. The molecule has 138 valence electrons. The standard InChI is InChI=1S/C18H14ClFN4O3/c1-11-13(10-22-27-18(25)12-6-5-9-21-16(12)19)17(24(2)23-11)26-15-8-4-3-7-14(15)20/h3-10H,1-2H3/b22-10+. The van der Waals surface area contributed by atoms with Crippen LogP contribution in [0.5, 0.6) is 11.6 Å². The van der Waals surface area contributed by atoms with E-state index in [2.05, 4.69) is 15.2 Å². The second kappa shape index (κ2) is 7.96. The molecule has 0 radical (unpaired) electrons. The monoisotopic (exact) mass is 388 g/mol. The molecule has 0 saturated heterocycles. The highest BCUT2D eigenvalue weighted by molar-refractivity contribution is 6.32. The summed E-state index contributed by atoms with van der Waals surface area (Å²) in [6.07, 6.45) is 2.72. The molecule has 0 aliphatic heterocycles. The van der Waals surface area contributed by atoms with E-state index < -0.39 is 11.8 Å². The zero-order valence-corrected chi connectivity index (χ0v) is 15.1. The third-order valence-corrected chi connectivity index (χ3v) is 3.86. The minimum Gasteiger partial charge on any atom is -0.436 e. The number of carbonyl (C=O) groups is 1. The van der Waals surface area contributed by atoms with Crippen molar-refractivity contribution in [3.05, 3.63) is 70.4 Å². The molecular formula is C18H14ClFN4O3. The molecular weight excluding hydrogens is 375 g/mol. The summed E-state index contributed by atoms with van der Waals surface area (Å²) in [6.45, 7) is 1.72. The smallest absolute Gasteiger partial charge is 0.368 e. The number of pyridine rings is 1. The van der Waals surface area contributed by atoms with Gasteiger partial charge in [-0.05, 0) is 31.2 Å². The quantitative estimate of drug-likeness (QED) is 0.286. The molecule has 0 atom stereocenters. The van der Waals surface area contributed by atoms with Gasteiger partial charge in [0.25, 0.3) is 0 Å². The maximum Gasteiger partial charge on any atom is 0.368 e. The summed E-state index contributed by atoms with van der Waals surface area (Å²) in [7, 11) is 1.64. The summed E-state index contributed by atoms with van der Waals surface area (Å²) in [5, 5.41) is 7.90. The number of rotatable bonds is 5. The number of oxime groups is 1. The van der Waals surface area contributed by atoms with Gasteiger partial charge >= 0.3 is 5.97 Å².